The third kappa shape index (κ3) is 1.60. The number of benzene rings is 1. The summed E-state index contributed by atoms with van der Waals surface area (Å²) in [6.45, 7) is 1.17. The molecule has 0 aliphatic heterocycles. The van der Waals surface area contributed by atoms with Crippen LogP contribution in [0.5, 0.6) is 0 Å². The van der Waals surface area contributed by atoms with Crippen molar-refractivity contribution in [1.82, 2.24) is 0 Å². The molecule has 1 aliphatic rings. The van der Waals surface area contributed by atoms with E-state index in [2.05, 4.69) is 0 Å². The molecule has 0 saturated heterocycles. The molecule has 1 aliphatic carbocycles. The van der Waals surface area contributed by atoms with E-state index in [1.165, 1.54) is 25.1 Å². The molecule has 0 heterocycles. The van der Waals surface area contributed by atoms with Crippen molar-refractivity contribution in [1.29, 1.82) is 0 Å². The highest BCUT2D eigenvalue weighted by atomic mass is 35.5. The van der Waals surface area contributed by atoms with E-state index < -0.39 is 20.4 Å². The Labute approximate surface area is 104 Å². The van der Waals surface area contributed by atoms with E-state index in [0.717, 1.165) is 6.26 Å². The SMILES string of the molecule is CC1(O)c2ccc(Cl)cc2CC1(F)S(C)(=O)=O. The summed E-state index contributed by atoms with van der Waals surface area (Å²) in [5.41, 5.74) is -1.36. The van der Waals surface area contributed by atoms with Gasteiger partial charge < -0.3 is 5.11 Å². The van der Waals surface area contributed by atoms with Crippen molar-refractivity contribution < 1.29 is 17.9 Å². The average molecular weight is 279 g/mol. The Morgan fingerprint density at radius 2 is 2.06 bits per heavy atom. The van der Waals surface area contributed by atoms with E-state index in [9.17, 15) is 17.9 Å². The first-order chi connectivity index (χ1) is 7.59. The maximum absolute atomic E-state index is 14.6. The van der Waals surface area contributed by atoms with Gasteiger partial charge in [-0.25, -0.2) is 12.8 Å². The van der Waals surface area contributed by atoms with E-state index in [1.807, 2.05) is 0 Å². The zero-order valence-corrected chi connectivity index (χ0v) is 10.9. The Morgan fingerprint density at radius 3 is 2.59 bits per heavy atom. The molecule has 0 radical (unpaired) electrons. The van der Waals surface area contributed by atoms with Crippen molar-refractivity contribution in [2.45, 2.75) is 23.9 Å². The standard InChI is InChI=1S/C11H12ClFO3S/c1-10(14)9-4-3-8(12)5-7(9)6-11(10,13)17(2,15)16/h3-5,14H,6H2,1-2H3. The molecule has 3 nitrogen and oxygen atoms in total. The fourth-order valence-corrected chi connectivity index (χ4v) is 3.74. The van der Waals surface area contributed by atoms with Gasteiger partial charge in [0.25, 0.3) is 0 Å². The van der Waals surface area contributed by atoms with Crippen LogP contribution in [0.25, 0.3) is 0 Å². The van der Waals surface area contributed by atoms with Gasteiger partial charge in [0.15, 0.2) is 9.84 Å². The van der Waals surface area contributed by atoms with Crippen LogP contribution in [0.1, 0.15) is 18.1 Å². The Hall–Kier alpha value is -0.650. The van der Waals surface area contributed by atoms with Crippen LogP contribution in [0.3, 0.4) is 0 Å². The second kappa shape index (κ2) is 3.43. The first kappa shape index (κ1) is 12.8. The molecule has 6 heteroatoms. The Bertz CT molecular complexity index is 582. The molecule has 0 saturated carbocycles. The highest BCUT2D eigenvalue weighted by Gasteiger charge is 2.61. The molecule has 0 bridgehead atoms. The predicted molar refractivity (Wildman–Crippen MR) is 63.4 cm³/mol. The van der Waals surface area contributed by atoms with E-state index in [0.29, 0.717) is 10.6 Å². The lowest BCUT2D eigenvalue weighted by Crippen LogP contribution is -2.48. The van der Waals surface area contributed by atoms with Crippen molar-refractivity contribution >= 4 is 21.4 Å². The number of sulfone groups is 1. The summed E-state index contributed by atoms with van der Waals surface area (Å²) in [5.74, 6) is 0. The Balaban J connectivity index is 2.69. The Kier molecular flexibility index (Phi) is 2.58. The molecule has 0 amide bonds. The van der Waals surface area contributed by atoms with E-state index in [1.54, 1.807) is 0 Å². The van der Waals surface area contributed by atoms with Gasteiger partial charge in [0.2, 0.25) is 5.00 Å². The maximum Gasteiger partial charge on any atom is 0.246 e. The molecule has 2 unspecified atom stereocenters. The molecular weight excluding hydrogens is 267 g/mol. The summed E-state index contributed by atoms with van der Waals surface area (Å²) in [6.07, 6.45) is 0.406. The highest BCUT2D eigenvalue weighted by molar-refractivity contribution is 7.92. The summed E-state index contributed by atoms with van der Waals surface area (Å²) < 4.78 is 37.8. The van der Waals surface area contributed by atoms with Gasteiger partial charge in [-0.2, -0.15) is 0 Å². The van der Waals surface area contributed by atoms with E-state index in [4.69, 9.17) is 11.6 Å². The van der Waals surface area contributed by atoms with Crippen molar-refractivity contribution in [2.24, 2.45) is 0 Å². The summed E-state index contributed by atoms with van der Waals surface area (Å²) in [6, 6.07) is 4.45. The number of fused-ring (bicyclic) bond motifs is 1. The van der Waals surface area contributed by atoms with Crippen LogP contribution in [-0.2, 0) is 21.9 Å². The topological polar surface area (TPSA) is 54.4 Å². The average Bonchev–Trinajstić information content (AvgIpc) is 2.34. The number of hydrogen-bond acceptors (Lipinski definition) is 3. The molecule has 0 spiro atoms. The highest BCUT2D eigenvalue weighted by Crippen LogP contribution is 2.49. The monoisotopic (exact) mass is 278 g/mol. The number of rotatable bonds is 1. The van der Waals surface area contributed by atoms with E-state index >= 15 is 0 Å². The van der Waals surface area contributed by atoms with Crippen molar-refractivity contribution in [3.05, 3.63) is 34.3 Å². The van der Waals surface area contributed by atoms with Gasteiger partial charge in [-0.05, 0) is 30.2 Å². The van der Waals surface area contributed by atoms with E-state index in [-0.39, 0.29) is 12.0 Å². The van der Waals surface area contributed by atoms with Crippen LogP contribution in [-0.4, -0.2) is 24.8 Å². The molecule has 94 valence electrons. The summed E-state index contributed by atoms with van der Waals surface area (Å²) in [4.78, 5) is 0. The van der Waals surface area contributed by atoms with Crippen LogP contribution in [0.4, 0.5) is 4.39 Å². The summed E-state index contributed by atoms with van der Waals surface area (Å²) in [5, 5.41) is 7.88. The quantitative estimate of drug-likeness (QED) is 0.852. The zero-order chi connectivity index (χ0) is 13.1. The van der Waals surface area contributed by atoms with Gasteiger partial charge in [0, 0.05) is 17.7 Å². The molecule has 0 fully saturated rings. The third-order valence-electron chi connectivity index (χ3n) is 3.32. The summed E-state index contributed by atoms with van der Waals surface area (Å²) in [7, 11) is -4.05. The lowest BCUT2D eigenvalue weighted by atomic mass is 9.97. The van der Waals surface area contributed by atoms with Gasteiger partial charge in [-0.15, -0.1) is 0 Å². The van der Waals surface area contributed by atoms with Crippen LogP contribution in [0, 0.1) is 0 Å². The second-order valence-electron chi connectivity index (χ2n) is 4.55. The zero-order valence-electron chi connectivity index (χ0n) is 9.37. The summed E-state index contributed by atoms with van der Waals surface area (Å²) >= 11 is 5.77. The minimum atomic E-state index is -4.05. The molecule has 2 atom stereocenters. The molecule has 1 aromatic carbocycles. The van der Waals surface area contributed by atoms with Crippen molar-refractivity contribution in [3.8, 4) is 0 Å². The molecule has 2 rings (SSSR count). The van der Waals surface area contributed by atoms with Crippen molar-refractivity contribution in [3.63, 3.8) is 0 Å². The lowest BCUT2D eigenvalue weighted by molar-refractivity contribution is -0.0352. The van der Waals surface area contributed by atoms with Gasteiger partial charge in [0.1, 0.15) is 5.60 Å². The number of hydrogen-bond donors (Lipinski definition) is 1. The first-order valence-corrected chi connectivity index (χ1v) is 7.26. The van der Waals surface area contributed by atoms with Gasteiger partial charge >= 0.3 is 0 Å². The molecule has 0 aromatic heterocycles. The molecule has 1 aromatic rings. The Morgan fingerprint density at radius 1 is 1.47 bits per heavy atom. The van der Waals surface area contributed by atoms with Crippen LogP contribution in [0.15, 0.2) is 18.2 Å². The molecular formula is C11H12ClFO3S. The fourth-order valence-electron chi connectivity index (χ4n) is 2.29. The second-order valence-corrected chi connectivity index (χ2v) is 7.18. The minimum Gasteiger partial charge on any atom is -0.381 e. The molecule has 17 heavy (non-hydrogen) atoms. The van der Waals surface area contributed by atoms with Crippen LogP contribution < -0.4 is 0 Å². The van der Waals surface area contributed by atoms with Crippen molar-refractivity contribution in [2.75, 3.05) is 6.26 Å². The van der Waals surface area contributed by atoms with Gasteiger partial charge in [0.05, 0.1) is 0 Å². The predicted octanol–water partition coefficient (Wildman–Crippen LogP) is 1.81. The van der Waals surface area contributed by atoms with Gasteiger partial charge in [-0.1, -0.05) is 17.7 Å². The third-order valence-corrected chi connectivity index (χ3v) is 5.28. The number of alkyl halides is 1. The van der Waals surface area contributed by atoms with Gasteiger partial charge in [-0.3, -0.25) is 0 Å². The fraction of sp³-hybridized carbons (Fsp3) is 0.455. The van der Waals surface area contributed by atoms with Crippen LogP contribution >= 0.6 is 11.6 Å². The maximum atomic E-state index is 14.6. The number of halogens is 2. The largest absolute Gasteiger partial charge is 0.381 e. The minimum absolute atomic E-state index is 0.273. The number of aliphatic hydroxyl groups is 1. The normalized spacial score (nSPS) is 32.5. The molecule has 1 N–H and O–H groups in total. The smallest absolute Gasteiger partial charge is 0.246 e. The van der Waals surface area contributed by atoms with Crippen LogP contribution in [0.2, 0.25) is 5.02 Å². The lowest BCUT2D eigenvalue weighted by Gasteiger charge is -2.31. The first-order valence-electron chi connectivity index (χ1n) is 4.99.